The van der Waals surface area contributed by atoms with E-state index < -0.39 is 0 Å². The molecule has 0 aliphatic carbocycles. The van der Waals surface area contributed by atoms with Crippen LogP contribution in [0.4, 0.5) is 0 Å². The van der Waals surface area contributed by atoms with E-state index in [1.165, 1.54) is 24.1 Å². The first-order chi connectivity index (χ1) is 10.2. The first kappa shape index (κ1) is 17.7. The molecule has 2 aliphatic heterocycles. The van der Waals surface area contributed by atoms with Gasteiger partial charge in [0.05, 0.1) is 0 Å². The summed E-state index contributed by atoms with van der Waals surface area (Å²) in [4.78, 5) is 2.60. The van der Waals surface area contributed by atoms with E-state index >= 15 is 0 Å². The number of rotatable bonds is 5. The monoisotopic (exact) mass is 324 g/mol. The molecule has 3 atom stereocenters. The lowest BCUT2D eigenvalue weighted by Gasteiger charge is -2.34. The summed E-state index contributed by atoms with van der Waals surface area (Å²) in [5.74, 6) is 0.694. The summed E-state index contributed by atoms with van der Waals surface area (Å²) in [6.07, 6.45) is 1.19. The van der Waals surface area contributed by atoms with Gasteiger partial charge in [0.2, 0.25) is 0 Å². The van der Waals surface area contributed by atoms with E-state index in [1.54, 1.807) is 0 Å². The Morgan fingerprint density at radius 1 is 1.32 bits per heavy atom. The zero-order valence-electron chi connectivity index (χ0n) is 13.6. The van der Waals surface area contributed by atoms with E-state index in [0.29, 0.717) is 18.0 Å². The van der Waals surface area contributed by atoms with Crippen molar-refractivity contribution in [1.29, 1.82) is 0 Å². The van der Waals surface area contributed by atoms with Crippen LogP contribution in [0.5, 0.6) is 0 Å². The van der Waals surface area contributed by atoms with Crippen molar-refractivity contribution >= 4 is 12.4 Å². The normalized spacial score (nSPS) is 26.3. The van der Waals surface area contributed by atoms with Gasteiger partial charge < -0.3 is 5.32 Å². The van der Waals surface area contributed by atoms with Crippen LogP contribution in [-0.2, 0) is 13.0 Å². The van der Waals surface area contributed by atoms with E-state index in [2.05, 4.69) is 59.2 Å². The summed E-state index contributed by atoms with van der Waals surface area (Å²) in [5.41, 5.74) is 9.56. The molecule has 0 aromatic heterocycles. The number of nitrogens with one attached hydrogen (secondary N) is 3. The smallest absolute Gasteiger partial charge is 0.0239 e. The second-order valence-electron chi connectivity index (χ2n) is 6.57. The minimum absolute atomic E-state index is 0. The third kappa shape index (κ3) is 4.21. The highest BCUT2D eigenvalue weighted by Crippen LogP contribution is 2.20. The van der Waals surface area contributed by atoms with Crippen LogP contribution >= 0.6 is 12.4 Å². The molecule has 5 heteroatoms. The van der Waals surface area contributed by atoms with Crippen LogP contribution in [0.15, 0.2) is 24.3 Å². The summed E-state index contributed by atoms with van der Waals surface area (Å²) in [6, 6.07) is 10.0. The van der Waals surface area contributed by atoms with Gasteiger partial charge in [-0.3, -0.25) is 15.8 Å². The average molecular weight is 325 g/mol. The summed E-state index contributed by atoms with van der Waals surface area (Å²) < 4.78 is 0. The molecule has 2 heterocycles. The molecule has 0 spiro atoms. The molecule has 124 valence electrons. The van der Waals surface area contributed by atoms with Crippen LogP contribution in [0.2, 0.25) is 0 Å². The zero-order chi connectivity index (χ0) is 14.7. The largest absolute Gasteiger partial charge is 0.315 e. The van der Waals surface area contributed by atoms with Crippen LogP contribution < -0.4 is 16.2 Å². The lowest BCUT2D eigenvalue weighted by atomic mass is 9.99. The van der Waals surface area contributed by atoms with Gasteiger partial charge in [0, 0.05) is 50.7 Å². The van der Waals surface area contributed by atoms with Crippen molar-refractivity contribution in [3.63, 3.8) is 0 Å². The number of hydrogen-bond acceptors (Lipinski definition) is 4. The highest BCUT2D eigenvalue weighted by atomic mass is 35.5. The first-order valence-electron chi connectivity index (χ1n) is 8.24. The average Bonchev–Trinajstić information content (AvgIpc) is 2.92. The Morgan fingerprint density at radius 3 is 2.82 bits per heavy atom. The van der Waals surface area contributed by atoms with Gasteiger partial charge in [-0.05, 0) is 31.4 Å². The maximum absolute atomic E-state index is 3.66. The summed E-state index contributed by atoms with van der Waals surface area (Å²) >= 11 is 0. The minimum atomic E-state index is 0. The summed E-state index contributed by atoms with van der Waals surface area (Å²) in [5, 5.41) is 3.66. The van der Waals surface area contributed by atoms with Crippen LogP contribution in [0.25, 0.3) is 0 Å². The standard InChI is InChI=1S/C17H28N4.ClH/c1-13(9-18-10-17-11-19-20-14(17)2)21-8-7-15-5-3-4-6-16(15)12-21;/h3-6,13-14,17-20H,7-12H2,1-2H3;1H. The molecule has 3 rings (SSSR count). The second-order valence-corrected chi connectivity index (χ2v) is 6.57. The molecule has 4 nitrogen and oxygen atoms in total. The van der Waals surface area contributed by atoms with Gasteiger partial charge in [0.25, 0.3) is 0 Å². The maximum Gasteiger partial charge on any atom is 0.0239 e. The zero-order valence-corrected chi connectivity index (χ0v) is 14.5. The van der Waals surface area contributed by atoms with E-state index in [4.69, 9.17) is 0 Å². The fourth-order valence-corrected chi connectivity index (χ4v) is 3.40. The van der Waals surface area contributed by atoms with E-state index in [-0.39, 0.29) is 12.4 Å². The van der Waals surface area contributed by atoms with E-state index in [1.807, 2.05) is 0 Å². The third-order valence-electron chi connectivity index (χ3n) is 5.03. The molecular formula is C17H29ClN4. The Balaban J connectivity index is 0.00000176. The van der Waals surface area contributed by atoms with E-state index in [9.17, 15) is 0 Å². The van der Waals surface area contributed by atoms with Crippen molar-refractivity contribution < 1.29 is 0 Å². The first-order valence-corrected chi connectivity index (χ1v) is 8.24. The fraction of sp³-hybridized carbons (Fsp3) is 0.647. The van der Waals surface area contributed by atoms with Gasteiger partial charge in [0.1, 0.15) is 0 Å². The van der Waals surface area contributed by atoms with Crippen LogP contribution in [0, 0.1) is 5.92 Å². The van der Waals surface area contributed by atoms with Gasteiger partial charge in [-0.15, -0.1) is 12.4 Å². The van der Waals surface area contributed by atoms with Gasteiger partial charge >= 0.3 is 0 Å². The molecule has 2 aliphatic rings. The molecule has 0 radical (unpaired) electrons. The van der Waals surface area contributed by atoms with Crippen molar-refractivity contribution in [2.75, 3.05) is 26.2 Å². The predicted octanol–water partition coefficient (Wildman–Crippen LogP) is 1.56. The fourth-order valence-electron chi connectivity index (χ4n) is 3.40. The molecule has 3 unspecified atom stereocenters. The van der Waals surface area contributed by atoms with Gasteiger partial charge in [-0.25, -0.2) is 0 Å². The SMILES string of the molecule is CC1NNCC1CNCC(C)N1CCc2ccccc2C1.Cl. The number of halogens is 1. The van der Waals surface area contributed by atoms with Crippen LogP contribution in [0.3, 0.4) is 0 Å². The van der Waals surface area contributed by atoms with Gasteiger partial charge in [-0.1, -0.05) is 24.3 Å². The molecule has 1 saturated heterocycles. The topological polar surface area (TPSA) is 39.3 Å². The van der Waals surface area contributed by atoms with Crippen LogP contribution in [-0.4, -0.2) is 43.2 Å². The minimum Gasteiger partial charge on any atom is -0.315 e. The van der Waals surface area contributed by atoms with Crippen LogP contribution in [0.1, 0.15) is 25.0 Å². The summed E-state index contributed by atoms with van der Waals surface area (Å²) in [7, 11) is 0. The molecule has 0 amide bonds. The Kier molecular flexibility index (Phi) is 6.66. The van der Waals surface area contributed by atoms with Crippen molar-refractivity contribution in [3.05, 3.63) is 35.4 Å². The van der Waals surface area contributed by atoms with E-state index in [0.717, 1.165) is 26.2 Å². The second kappa shape index (κ2) is 8.27. The maximum atomic E-state index is 3.66. The van der Waals surface area contributed by atoms with Crippen molar-refractivity contribution in [3.8, 4) is 0 Å². The van der Waals surface area contributed by atoms with Crippen molar-refractivity contribution in [2.24, 2.45) is 5.92 Å². The Bertz CT molecular complexity index is 468. The lowest BCUT2D eigenvalue weighted by Crippen LogP contribution is -2.44. The van der Waals surface area contributed by atoms with Crippen molar-refractivity contribution in [1.82, 2.24) is 21.1 Å². The van der Waals surface area contributed by atoms with Crippen molar-refractivity contribution in [2.45, 2.75) is 38.9 Å². The Morgan fingerprint density at radius 2 is 2.09 bits per heavy atom. The number of fused-ring (bicyclic) bond motifs is 1. The molecule has 0 saturated carbocycles. The third-order valence-corrected chi connectivity index (χ3v) is 5.03. The Hall–Kier alpha value is -0.650. The Labute approximate surface area is 140 Å². The molecule has 1 aromatic carbocycles. The number of benzene rings is 1. The van der Waals surface area contributed by atoms with Gasteiger partial charge in [-0.2, -0.15) is 0 Å². The summed E-state index contributed by atoms with van der Waals surface area (Å²) in [6.45, 7) is 10.1. The molecule has 1 aromatic rings. The highest BCUT2D eigenvalue weighted by molar-refractivity contribution is 5.85. The molecule has 3 N–H and O–H groups in total. The quantitative estimate of drug-likeness (QED) is 0.768. The lowest BCUT2D eigenvalue weighted by molar-refractivity contribution is 0.185. The highest BCUT2D eigenvalue weighted by Gasteiger charge is 2.23. The number of hydrazine groups is 1. The molecule has 22 heavy (non-hydrogen) atoms. The molecule has 1 fully saturated rings. The molecular weight excluding hydrogens is 296 g/mol. The van der Waals surface area contributed by atoms with Gasteiger partial charge in [0.15, 0.2) is 0 Å². The number of nitrogens with zero attached hydrogens (tertiary/aromatic N) is 1. The predicted molar refractivity (Wildman–Crippen MR) is 94.2 cm³/mol. The molecule has 0 bridgehead atoms. The number of hydrogen-bond donors (Lipinski definition) is 3.